The van der Waals surface area contributed by atoms with Gasteiger partial charge < -0.3 is 9.84 Å². The van der Waals surface area contributed by atoms with E-state index in [1.165, 1.54) is 12.8 Å². The molecule has 0 bridgehead atoms. The van der Waals surface area contributed by atoms with Gasteiger partial charge in [-0.15, -0.1) is 0 Å². The minimum absolute atomic E-state index is 0.286. The fraction of sp³-hybridized carbons (Fsp3) is 1.00. The second-order valence-corrected chi connectivity index (χ2v) is 5.58. The molecule has 1 atom stereocenters. The highest BCUT2D eigenvalue weighted by molar-refractivity contribution is 4.80. The molecule has 2 heteroatoms. The molecule has 0 spiro atoms. The van der Waals surface area contributed by atoms with E-state index in [0.717, 1.165) is 18.8 Å². The summed E-state index contributed by atoms with van der Waals surface area (Å²) < 4.78 is 5.41. The van der Waals surface area contributed by atoms with Gasteiger partial charge in [0.15, 0.2) is 6.29 Å². The SMILES string of the molecule is CC(O)OC1CCC(C(C)(C)C)CC1. The first kappa shape index (κ1) is 12.0. The molecule has 14 heavy (non-hydrogen) atoms. The van der Waals surface area contributed by atoms with Crippen molar-refractivity contribution in [1.82, 2.24) is 0 Å². The van der Waals surface area contributed by atoms with Crippen LogP contribution in [0.2, 0.25) is 0 Å². The molecule has 2 nitrogen and oxygen atoms in total. The molecule has 84 valence electrons. The highest BCUT2D eigenvalue weighted by Gasteiger charge is 2.30. The van der Waals surface area contributed by atoms with E-state index in [9.17, 15) is 0 Å². The van der Waals surface area contributed by atoms with Gasteiger partial charge in [-0.05, 0) is 43.9 Å². The van der Waals surface area contributed by atoms with Crippen molar-refractivity contribution in [1.29, 1.82) is 0 Å². The molecule has 1 rings (SSSR count). The van der Waals surface area contributed by atoms with Crippen molar-refractivity contribution in [3.05, 3.63) is 0 Å². The summed E-state index contributed by atoms with van der Waals surface area (Å²) in [6.07, 6.45) is 4.36. The molecule has 0 amide bonds. The van der Waals surface area contributed by atoms with Gasteiger partial charge in [-0.1, -0.05) is 20.8 Å². The van der Waals surface area contributed by atoms with Crippen LogP contribution in [0.15, 0.2) is 0 Å². The topological polar surface area (TPSA) is 29.5 Å². The molecule has 0 saturated heterocycles. The third-order valence-corrected chi connectivity index (χ3v) is 3.29. The number of aliphatic hydroxyl groups is 1. The van der Waals surface area contributed by atoms with E-state index < -0.39 is 6.29 Å². The number of aliphatic hydroxyl groups excluding tert-OH is 1. The van der Waals surface area contributed by atoms with Gasteiger partial charge in [0.05, 0.1) is 6.10 Å². The lowest BCUT2D eigenvalue weighted by molar-refractivity contribution is -0.137. The van der Waals surface area contributed by atoms with E-state index in [-0.39, 0.29) is 6.10 Å². The Hall–Kier alpha value is -0.0800. The lowest BCUT2D eigenvalue weighted by Crippen LogP contribution is -2.30. The molecule has 0 aliphatic heterocycles. The lowest BCUT2D eigenvalue weighted by atomic mass is 9.72. The largest absolute Gasteiger partial charge is 0.368 e. The normalized spacial score (nSPS) is 31.5. The van der Waals surface area contributed by atoms with Gasteiger partial charge in [-0.2, -0.15) is 0 Å². The number of ether oxygens (including phenoxy) is 1. The summed E-state index contributed by atoms with van der Waals surface area (Å²) in [4.78, 5) is 0. The van der Waals surface area contributed by atoms with E-state index in [1.807, 2.05) is 0 Å². The van der Waals surface area contributed by atoms with Crippen molar-refractivity contribution in [3.63, 3.8) is 0 Å². The third-order valence-electron chi connectivity index (χ3n) is 3.29. The van der Waals surface area contributed by atoms with Crippen LogP contribution in [0.3, 0.4) is 0 Å². The molecule has 1 aliphatic carbocycles. The zero-order valence-corrected chi connectivity index (χ0v) is 9.92. The van der Waals surface area contributed by atoms with Gasteiger partial charge in [0.2, 0.25) is 0 Å². The van der Waals surface area contributed by atoms with E-state index in [1.54, 1.807) is 6.92 Å². The monoisotopic (exact) mass is 200 g/mol. The number of hydrogen-bond donors (Lipinski definition) is 1. The second-order valence-electron chi connectivity index (χ2n) is 5.58. The smallest absolute Gasteiger partial charge is 0.152 e. The minimum Gasteiger partial charge on any atom is -0.368 e. The first-order valence-electron chi connectivity index (χ1n) is 5.73. The highest BCUT2D eigenvalue weighted by Crippen LogP contribution is 2.38. The maximum atomic E-state index is 9.11. The zero-order valence-electron chi connectivity index (χ0n) is 9.92. The van der Waals surface area contributed by atoms with Gasteiger partial charge in [0.1, 0.15) is 0 Å². The molecule has 0 heterocycles. The van der Waals surface area contributed by atoms with Crippen molar-refractivity contribution in [2.24, 2.45) is 11.3 Å². The van der Waals surface area contributed by atoms with Gasteiger partial charge in [0, 0.05) is 0 Å². The van der Waals surface area contributed by atoms with Crippen molar-refractivity contribution < 1.29 is 9.84 Å². The van der Waals surface area contributed by atoms with E-state index in [2.05, 4.69) is 20.8 Å². The van der Waals surface area contributed by atoms with Gasteiger partial charge in [-0.25, -0.2) is 0 Å². The van der Waals surface area contributed by atoms with Crippen LogP contribution in [0.5, 0.6) is 0 Å². The highest BCUT2D eigenvalue weighted by atomic mass is 16.6. The Morgan fingerprint density at radius 2 is 1.64 bits per heavy atom. The Kier molecular flexibility index (Phi) is 3.96. The molecule has 0 aromatic rings. The van der Waals surface area contributed by atoms with Crippen molar-refractivity contribution in [2.45, 2.75) is 65.8 Å². The first-order valence-corrected chi connectivity index (χ1v) is 5.73. The molecule has 1 aliphatic rings. The van der Waals surface area contributed by atoms with E-state index in [4.69, 9.17) is 9.84 Å². The van der Waals surface area contributed by atoms with E-state index >= 15 is 0 Å². The van der Waals surface area contributed by atoms with Crippen molar-refractivity contribution in [2.75, 3.05) is 0 Å². The van der Waals surface area contributed by atoms with Gasteiger partial charge in [-0.3, -0.25) is 0 Å². The summed E-state index contributed by atoms with van der Waals surface area (Å²) in [5.41, 5.74) is 0.426. The summed E-state index contributed by atoms with van der Waals surface area (Å²) in [6.45, 7) is 8.63. The summed E-state index contributed by atoms with van der Waals surface area (Å²) in [7, 11) is 0. The van der Waals surface area contributed by atoms with Gasteiger partial charge in [0.25, 0.3) is 0 Å². The van der Waals surface area contributed by atoms with Crippen LogP contribution in [0, 0.1) is 11.3 Å². The van der Waals surface area contributed by atoms with Crippen LogP contribution in [0.25, 0.3) is 0 Å². The third kappa shape index (κ3) is 3.58. The molecule has 0 radical (unpaired) electrons. The molecule has 0 aromatic heterocycles. The van der Waals surface area contributed by atoms with Crippen LogP contribution < -0.4 is 0 Å². The molecule has 1 saturated carbocycles. The van der Waals surface area contributed by atoms with Crippen LogP contribution >= 0.6 is 0 Å². The second kappa shape index (κ2) is 4.63. The fourth-order valence-corrected chi connectivity index (χ4v) is 2.34. The van der Waals surface area contributed by atoms with Crippen LogP contribution in [-0.2, 0) is 4.74 Å². The van der Waals surface area contributed by atoms with Gasteiger partial charge >= 0.3 is 0 Å². The Morgan fingerprint density at radius 1 is 1.14 bits per heavy atom. The standard InChI is InChI=1S/C12H24O2/c1-9(13)14-11-7-5-10(6-8-11)12(2,3)4/h9-11,13H,5-8H2,1-4H3. The van der Waals surface area contributed by atoms with Crippen LogP contribution in [0.4, 0.5) is 0 Å². The predicted molar refractivity (Wildman–Crippen MR) is 58.0 cm³/mol. The average molecular weight is 200 g/mol. The van der Waals surface area contributed by atoms with Crippen LogP contribution in [0.1, 0.15) is 53.4 Å². The molecular formula is C12H24O2. The fourth-order valence-electron chi connectivity index (χ4n) is 2.34. The van der Waals surface area contributed by atoms with Crippen molar-refractivity contribution in [3.8, 4) is 0 Å². The van der Waals surface area contributed by atoms with Crippen LogP contribution in [-0.4, -0.2) is 17.5 Å². The Labute approximate surface area is 87.7 Å². The number of rotatable bonds is 2. The minimum atomic E-state index is -0.605. The molecule has 0 aromatic carbocycles. The predicted octanol–water partition coefficient (Wildman–Crippen LogP) is 2.95. The zero-order chi connectivity index (χ0) is 10.8. The molecule has 1 N–H and O–H groups in total. The quantitative estimate of drug-likeness (QED) is 0.694. The maximum Gasteiger partial charge on any atom is 0.152 e. The Bertz CT molecular complexity index is 162. The van der Waals surface area contributed by atoms with E-state index in [0.29, 0.717) is 5.41 Å². The summed E-state index contributed by atoms with van der Waals surface area (Å²) in [5, 5.41) is 9.11. The number of hydrogen-bond acceptors (Lipinski definition) is 2. The maximum absolute atomic E-state index is 9.11. The Balaban J connectivity index is 2.31. The summed E-state index contributed by atoms with van der Waals surface area (Å²) in [6, 6.07) is 0. The first-order chi connectivity index (χ1) is 6.39. The van der Waals surface area contributed by atoms with Crippen molar-refractivity contribution >= 4 is 0 Å². The molecule has 1 unspecified atom stereocenters. The average Bonchev–Trinajstić information content (AvgIpc) is 2.02. The Morgan fingerprint density at radius 3 is 2.00 bits per heavy atom. The summed E-state index contributed by atoms with van der Waals surface area (Å²) in [5.74, 6) is 0.816. The molecular weight excluding hydrogens is 176 g/mol. The summed E-state index contributed by atoms with van der Waals surface area (Å²) >= 11 is 0. The molecule has 1 fully saturated rings. The lowest BCUT2D eigenvalue weighted by Gasteiger charge is -2.37.